The Labute approximate surface area is 52.0 Å². The van der Waals surface area contributed by atoms with Gasteiger partial charge in [0.1, 0.15) is 0 Å². The van der Waals surface area contributed by atoms with Crippen molar-refractivity contribution in [1.82, 2.24) is 5.06 Å². The lowest BCUT2D eigenvalue weighted by molar-refractivity contribution is -0.301. The van der Waals surface area contributed by atoms with Gasteiger partial charge in [0, 0.05) is 13.0 Å². The SMILES string of the molecule is ON1CCCCC1(F)F. The van der Waals surface area contributed by atoms with Crippen LogP contribution in [0.25, 0.3) is 0 Å². The molecule has 1 aliphatic heterocycles. The van der Waals surface area contributed by atoms with Gasteiger partial charge in [0.2, 0.25) is 0 Å². The number of nitrogens with zero attached hydrogens (tertiary/aromatic N) is 1. The van der Waals surface area contributed by atoms with Crippen molar-refractivity contribution < 1.29 is 14.0 Å². The Morgan fingerprint density at radius 3 is 2.33 bits per heavy atom. The van der Waals surface area contributed by atoms with Gasteiger partial charge in [-0.25, -0.2) is 0 Å². The normalized spacial score (nSPS) is 28.3. The number of rotatable bonds is 0. The highest BCUT2D eigenvalue weighted by molar-refractivity contribution is 4.67. The van der Waals surface area contributed by atoms with Crippen molar-refractivity contribution in [2.24, 2.45) is 0 Å². The Kier molecular flexibility index (Phi) is 1.68. The molecular formula is C5H9F2NO. The fraction of sp³-hybridized carbons (Fsp3) is 1.00. The van der Waals surface area contributed by atoms with Gasteiger partial charge in [0.15, 0.2) is 0 Å². The Hall–Kier alpha value is -0.220. The van der Waals surface area contributed by atoms with Crippen LogP contribution in [0.5, 0.6) is 0 Å². The van der Waals surface area contributed by atoms with E-state index in [2.05, 4.69) is 0 Å². The quantitative estimate of drug-likeness (QED) is 0.511. The van der Waals surface area contributed by atoms with Gasteiger partial charge < -0.3 is 5.21 Å². The molecule has 2 nitrogen and oxygen atoms in total. The van der Waals surface area contributed by atoms with E-state index in [-0.39, 0.29) is 18.0 Å². The molecule has 0 radical (unpaired) electrons. The molecular weight excluding hydrogens is 128 g/mol. The second-order valence-electron chi connectivity index (χ2n) is 2.25. The van der Waals surface area contributed by atoms with Crippen molar-refractivity contribution in [2.45, 2.75) is 25.3 Å². The molecule has 9 heavy (non-hydrogen) atoms. The molecule has 0 aromatic heterocycles. The minimum absolute atomic E-state index is 0.0903. The lowest BCUT2D eigenvalue weighted by atomic mass is 10.1. The highest BCUT2D eigenvalue weighted by Crippen LogP contribution is 2.28. The molecule has 1 saturated heterocycles. The minimum atomic E-state index is -2.97. The Morgan fingerprint density at radius 1 is 1.33 bits per heavy atom. The maximum atomic E-state index is 12.3. The number of halogens is 2. The summed E-state index contributed by atoms with van der Waals surface area (Å²) in [5.74, 6) is 0. The van der Waals surface area contributed by atoms with Crippen LogP contribution < -0.4 is 0 Å². The minimum Gasteiger partial charge on any atom is -0.309 e. The molecule has 0 atom stereocenters. The number of alkyl halides is 2. The van der Waals surface area contributed by atoms with Gasteiger partial charge in [0.05, 0.1) is 0 Å². The van der Waals surface area contributed by atoms with Crippen LogP contribution in [-0.2, 0) is 0 Å². The third kappa shape index (κ3) is 1.37. The summed E-state index contributed by atoms with van der Waals surface area (Å²) in [6.07, 6.45) is 0.944. The van der Waals surface area contributed by atoms with Crippen LogP contribution in [0.15, 0.2) is 0 Å². The first-order valence-corrected chi connectivity index (χ1v) is 2.97. The summed E-state index contributed by atoms with van der Waals surface area (Å²) in [4.78, 5) is 0. The van der Waals surface area contributed by atoms with E-state index < -0.39 is 6.05 Å². The van der Waals surface area contributed by atoms with Crippen LogP contribution in [-0.4, -0.2) is 22.9 Å². The molecule has 0 amide bonds. The average molecular weight is 137 g/mol. The molecule has 0 aliphatic carbocycles. The van der Waals surface area contributed by atoms with Crippen LogP contribution in [0.4, 0.5) is 8.78 Å². The number of piperidine rings is 1. The van der Waals surface area contributed by atoms with E-state index in [1.165, 1.54) is 0 Å². The monoisotopic (exact) mass is 137 g/mol. The average Bonchev–Trinajstić information content (AvgIpc) is 1.77. The van der Waals surface area contributed by atoms with Crippen LogP contribution >= 0.6 is 0 Å². The van der Waals surface area contributed by atoms with Gasteiger partial charge in [-0.05, 0) is 12.8 Å². The Morgan fingerprint density at radius 2 is 2.00 bits per heavy atom. The second kappa shape index (κ2) is 2.19. The van der Waals surface area contributed by atoms with Crippen molar-refractivity contribution in [3.8, 4) is 0 Å². The summed E-state index contributed by atoms with van der Waals surface area (Å²) in [5.41, 5.74) is 0. The molecule has 0 spiro atoms. The molecule has 1 fully saturated rings. The van der Waals surface area contributed by atoms with Gasteiger partial charge in [-0.2, -0.15) is 8.78 Å². The third-order valence-corrected chi connectivity index (χ3v) is 1.48. The van der Waals surface area contributed by atoms with Gasteiger partial charge >= 0.3 is 6.05 Å². The second-order valence-corrected chi connectivity index (χ2v) is 2.25. The molecule has 0 bridgehead atoms. The highest BCUT2D eigenvalue weighted by atomic mass is 19.3. The van der Waals surface area contributed by atoms with Gasteiger partial charge in [0.25, 0.3) is 0 Å². The van der Waals surface area contributed by atoms with Crippen LogP contribution in [0.2, 0.25) is 0 Å². The zero-order chi connectivity index (χ0) is 6.91. The van der Waals surface area contributed by atoms with Gasteiger partial charge in [-0.1, -0.05) is 0 Å². The lowest BCUT2D eigenvalue weighted by Crippen LogP contribution is -2.42. The third-order valence-electron chi connectivity index (χ3n) is 1.48. The Bertz CT molecular complexity index is 107. The first kappa shape index (κ1) is 6.89. The highest BCUT2D eigenvalue weighted by Gasteiger charge is 2.38. The van der Waals surface area contributed by atoms with Gasteiger partial charge in [-0.3, -0.25) is 0 Å². The van der Waals surface area contributed by atoms with E-state index in [0.717, 1.165) is 0 Å². The molecule has 0 unspecified atom stereocenters. The number of hydroxylamine groups is 2. The van der Waals surface area contributed by atoms with Crippen molar-refractivity contribution in [1.29, 1.82) is 0 Å². The van der Waals surface area contributed by atoms with E-state index in [0.29, 0.717) is 12.8 Å². The number of hydrogen-bond acceptors (Lipinski definition) is 2. The first-order chi connectivity index (χ1) is 4.13. The lowest BCUT2D eigenvalue weighted by Gasteiger charge is -2.29. The molecule has 1 aliphatic rings. The van der Waals surface area contributed by atoms with Crippen molar-refractivity contribution in [3.63, 3.8) is 0 Å². The van der Waals surface area contributed by atoms with E-state index >= 15 is 0 Å². The van der Waals surface area contributed by atoms with Crippen molar-refractivity contribution in [2.75, 3.05) is 6.54 Å². The summed E-state index contributed by atoms with van der Waals surface area (Å²) in [6.45, 7) is 0.0903. The zero-order valence-electron chi connectivity index (χ0n) is 4.98. The molecule has 1 heterocycles. The Balaban J connectivity index is 2.49. The molecule has 0 saturated carbocycles. The first-order valence-electron chi connectivity index (χ1n) is 2.97. The topological polar surface area (TPSA) is 23.5 Å². The van der Waals surface area contributed by atoms with E-state index in [1.807, 2.05) is 0 Å². The summed E-state index contributed by atoms with van der Waals surface area (Å²) in [5, 5.41) is 8.64. The predicted octanol–water partition coefficient (Wildman–Crippen LogP) is 1.45. The summed E-state index contributed by atoms with van der Waals surface area (Å²) >= 11 is 0. The maximum Gasteiger partial charge on any atom is 0.325 e. The van der Waals surface area contributed by atoms with E-state index in [9.17, 15) is 8.78 Å². The maximum absolute atomic E-state index is 12.3. The van der Waals surface area contributed by atoms with E-state index in [4.69, 9.17) is 5.21 Å². The smallest absolute Gasteiger partial charge is 0.309 e. The molecule has 1 rings (SSSR count). The summed E-state index contributed by atoms with van der Waals surface area (Å²) in [7, 11) is 0. The molecule has 1 N–H and O–H groups in total. The molecule has 0 aromatic rings. The predicted molar refractivity (Wildman–Crippen MR) is 27.3 cm³/mol. The zero-order valence-corrected chi connectivity index (χ0v) is 4.98. The number of hydrogen-bond donors (Lipinski definition) is 1. The largest absolute Gasteiger partial charge is 0.325 e. The fourth-order valence-corrected chi connectivity index (χ4v) is 0.892. The fourth-order valence-electron chi connectivity index (χ4n) is 0.892. The van der Waals surface area contributed by atoms with Crippen LogP contribution in [0.3, 0.4) is 0 Å². The van der Waals surface area contributed by atoms with Crippen LogP contribution in [0, 0.1) is 0 Å². The molecule has 4 heteroatoms. The van der Waals surface area contributed by atoms with Gasteiger partial charge in [-0.15, -0.1) is 5.06 Å². The summed E-state index contributed by atoms with van der Waals surface area (Å²) < 4.78 is 24.5. The molecule has 54 valence electrons. The van der Waals surface area contributed by atoms with Crippen molar-refractivity contribution in [3.05, 3.63) is 0 Å². The van der Waals surface area contributed by atoms with Crippen molar-refractivity contribution >= 4 is 0 Å². The molecule has 0 aromatic carbocycles. The van der Waals surface area contributed by atoms with Crippen LogP contribution in [0.1, 0.15) is 19.3 Å². The summed E-state index contributed by atoms with van der Waals surface area (Å²) in [6, 6.07) is -2.97. The van der Waals surface area contributed by atoms with E-state index in [1.54, 1.807) is 0 Å². The standard InChI is InChI=1S/C5H9F2NO/c6-5(7)3-1-2-4-8(5)9/h9H,1-4H2.